The maximum Gasteiger partial charge on any atom is 0.266 e. The summed E-state index contributed by atoms with van der Waals surface area (Å²) in [6.07, 6.45) is 6.91. The smallest absolute Gasteiger partial charge is 0.266 e. The fourth-order valence-corrected chi connectivity index (χ4v) is 4.65. The second-order valence-corrected chi connectivity index (χ2v) is 8.59. The first-order valence-electron chi connectivity index (χ1n) is 9.72. The lowest BCUT2D eigenvalue weighted by Gasteiger charge is -2.14. The maximum atomic E-state index is 12.5. The van der Waals surface area contributed by atoms with Gasteiger partial charge in [-0.05, 0) is 36.6 Å². The molecular formula is C22H21N3O3S2. The molecule has 1 aliphatic rings. The van der Waals surface area contributed by atoms with Crippen LogP contribution in [-0.4, -0.2) is 39.1 Å². The summed E-state index contributed by atoms with van der Waals surface area (Å²) in [5.41, 5.74) is 2.29. The van der Waals surface area contributed by atoms with Gasteiger partial charge in [-0.1, -0.05) is 42.2 Å². The van der Waals surface area contributed by atoms with Gasteiger partial charge in [0.2, 0.25) is 5.91 Å². The average Bonchev–Trinajstić information content (AvgIpc) is 3.45. The zero-order valence-electron chi connectivity index (χ0n) is 16.2. The van der Waals surface area contributed by atoms with E-state index < -0.39 is 0 Å². The first-order valence-corrected chi connectivity index (χ1v) is 10.9. The zero-order chi connectivity index (χ0) is 20.9. The Kier molecular flexibility index (Phi) is 6.35. The van der Waals surface area contributed by atoms with E-state index in [9.17, 15) is 9.59 Å². The molecule has 0 spiro atoms. The van der Waals surface area contributed by atoms with Crippen molar-refractivity contribution in [2.24, 2.45) is 0 Å². The van der Waals surface area contributed by atoms with Crippen LogP contribution >= 0.6 is 24.0 Å². The summed E-state index contributed by atoms with van der Waals surface area (Å²) in [5.74, 6) is 0.456. The third-order valence-electron chi connectivity index (χ3n) is 4.87. The number of amides is 2. The van der Waals surface area contributed by atoms with E-state index in [0.717, 1.165) is 11.9 Å². The highest BCUT2D eigenvalue weighted by Gasteiger charge is 2.31. The minimum absolute atomic E-state index is 0.0218. The van der Waals surface area contributed by atoms with Gasteiger partial charge in [-0.2, -0.15) is 0 Å². The van der Waals surface area contributed by atoms with Crippen LogP contribution in [0, 0.1) is 0 Å². The highest BCUT2D eigenvalue weighted by molar-refractivity contribution is 8.26. The number of aromatic nitrogens is 1. The Labute approximate surface area is 183 Å². The highest BCUT2D eigenvalue weighted by atomic mass is 32.2. The number of furan rings is 1. The van der Waals surface area contributed by atoms with Crippen LogP contribution in [0.1, 0.15) is 24.2 Å². The molecule has 0 unspecified atom stereocenters. The molecule has 0 bridgehead atoms. The summed E-state index contributed by atoms with van der Waals surface area (Å²) in [7, 11) is 0. The first-order chi connectivity index (χ1) is 14.6. The largest absolute Gasteiger partial charge is 0.465 e. The van der Waals surface area contributed by atoms with Gasteiger partial charge in [0.25, 0.3) is 5.91 Å². The molecule has 2 amide bonds. The van der Waals surface area contributed by atoms with Gasteiger partial charge in [0.1, 0.15) is 10.1 Å². The van der Waals surface area contributed by atoms with Gasteiger partial charge in [-0.25, -0.2) is 0 Å². The number of hydrogen-bond donors (Lipinski definition) is 2. The Morgan fingerprint density at radius 2 is 2.13 bits per heavy atom. The number of aromatic amines is 1. The number of fused-ring (bicyclic) bond motifs is 1. The number of thioether (sulfide) groups is 1. The van der Waals surface area contributed by atoms with E-state index in [-0.39, 0.29) is 11.8 Å². The lowest BCUT2D eigenvalue weighted by atomic mass is 10.1. The number of nitrogens with zero attached hydrogens (tertiary/aromatic N) is 1. The van der Waals surface area contributed by atoms with E-state index in [1.165, 1.54) is 22.7 Å². The number of H-pyrrole nitrogens is 1. The van der Waals surface area contributed by atoms with Crippen molar-refractivity contribution >= 4 is 57.1 Å². The summed E-state index contributed by atoms with van der Waals surface area (Å²) in [4.78, 5) is 30.0. The van der Waals surface area contributed by atoms with Crippen molar-refractivity contribution in [1.82, 2.24) is 15.2 Å². The van der Waals surface area contributed by atoms with Gasteiger partial charge in [-0.3, -0.25) is 14.5 Å². The molecule has 2 N–H and O–H groups in total. The van der Waals surface area contributed by atoms with Crippen LogP contribution < -0.4 is 5.32 Å². The molecule has 0 aliphatic carbocycles. The molecule has 2 aromatic heterocycles. The maximum absolute atomic E-state index is 12.5. The van der Waals surface area contributed by atoms with Gasteiger partial charge in [0.05, 0.1) is 11.2 Å². The van der Waals surface area contributed by atoms with Crippen molar-refractivity contribution in [2.75, 3.05) is 13.1 Å². The lowest BCUT2D eigenvalue weighted by Crippen LogP contribution is -2.31. The van der Waals surface area contributed by atoms with Crippen molar-refractivity contribution in [3.05, 3.63) is 65.1 Å². The van der Waals surface area contributed by atoms with Crippen LogP contribution in [0.4, 0.5) is 0 Å². The van der Waals surface area contributed by atoms with Crippen LogP contribution in [0.15, 0.2) is 58.2 Å². The molecule has 1 aromatic carbocycles. The summed E-state index contributed by atoms with van der Waals surface area (Å²) in [5, 5.41) is 4.14. The number of rotatable bonds is 8. The van der Waals surface area contributed by atoms with E-state index in [2.05, 4.69) is 16.4 Å². The standard InChI is InChI=1S/C22H21N3O3S2/c26-20(23-10-9-15-14-24-18-7-2-1-6-17(15)18)8-3-11-25-21(27)19(30-22(25)29)13-16-5-4-12-28-16/h1-2,4-7,12-14,24H,3,8-11H2,(H,23,26). The molecule has 3 aromatic rings. The molecule has 0 saturated carbocycles. The molecule has 1 saturated heterocycles. The lowest BCUT2D eigenvalue weighted by molar-refractivity contribution is -0.123. The molecule has 3 heterocycles. The Hall–Kier alpha value is -2.84. The number of nitrogens with one attached hydrogen (secondary N) is 2. The van der Waals surface area contributed by atoms with E-state index in [4.69, 9.17) is 16.6 Å². The van der Waals surface area contributed by atoms with Crippen molar-refractivity contribution < 1.29 is 14.0 Å². The van der Waals surface area contributed by atoms with E-state index in [1.807, 2.05) is 24.4 Å². The fraction of sp³-hybridized carbons (Fsp3) is 0.227. The zero-order valence-corrected chi connectivity index (χ0v) is 17.9. The molecule has 1 aliphatic heterocycles. The molecule has 0 radical (unpaired) electrons. The number of carbonyl (C=O) groups is 2. The molecular weight excluding hydrogens is 418 g/mol. The SMILES string of the molecule is O=C(CCCN1C(=O)C(=Cc2ccco2)SC1=S)NCCc1c[nH]c2ccccc12. The molecule has 1 fully saturated rings. The Balaban J connectivity index is 1.21. The van der Waals surface area contributed by atoms with Crippen molar-refractivity contribution in [1.29, 1.82) is 0 Å². The Morgan fingerprint density at radius 3 is 2.97 bits per heavy atom. The van der Waals surface area contributed by atoms with Crippen molar-refractivity contribution in [3.63, 3.8) is 0 Å². The third-order valence-corrected chi connectivity index (χ3v) is 6.24. The molecule has 8 heteroatoms. The normalized spacial score (nSPS) is 15.5. The predicted octanol–water partition coefficient (Wildman–Crippen LogP) is 4.10. The Morgan fingerprint density at radius 1 is 1.27 bits per heavy atom. The van der Waals surface area contributed by atoms with Gasteiger partial charge < -0.3 is 14.7 Å². The highest BCUT2D eigenvalue weighted by Crippen LogP contribution is 2.32. The fourth-order valence-electron chi connectivity index (χ4n) is 3.36. The van der Waals surface area contributed by atoms with Crippen LogP contribution in [0.25, 0.3) is 17.0 Å². The average molecular weight is 440 g/mol. The van der Waals surface area contributed by atoms with Crippen LogP contribution in [0.3, 0.4) is 0 Å². The quantitative estimate of drug-likeness (QED) is 0.408. The molecule has 0 atom stereocenters. The molecule has 6 nitrogen and oxygen atoms in total. The second-order valence-electron chi connectivity index (χ2n) is 6.91. The molecule has 30 heavy (non-hydrogen) atoms. The van der Waals surface area contributed by atoms with Crippen molar-refractivity contribution in [3.8, 4) is 0 Å². The summed E-state index contributed by atoms with van der Waals surface area (Å²) in [6, 6.07) is 11.7. The van der Waals surface area contributed by atoms with Crippen LogP contribution in [0.2, 0.25) is 0 Å². The summed E-state index contributed by atoms with van der Waals surface area (Å²) < 4.78 is 5.77. The van der Waals surface area contributed by atoms with Crippen LogP contribution in [0.5, 0.6) is 0 Å². The van der Waals surface area contributed by atoms with Gasteiger partial charge in [-0.15, -0.1) is 0 Å². The minimum atomic E-state index is -0.138. The van der Waals surface area contributed by atoms with E-state index >= 15 is 0 Å². The van der Waals surface area contributed by atoms with Gasteiger partial charge in [0, 0.05) is 42.7 Å². The predicted molar refractivity (Wildman–Crippen MR) is 123 cm³/mol. The van der Waals surface area contributed by atoms with E-state index in [0.29, 0.717) is 40.9 Å². The Bertz CT molecular complexity index is 1100. The number of benzene rings is 1. The topological polar surface area (TPSA) is 78.3 Å². The number of para-hydroxylation sites is 1. The summed E-state index contributed by atoms with van der Waals surface area (Å²) >= 11 is 6.57. The molecule has 4 rings (SSSR count). The first kappa shape index (κ1) is 20.4. The number of hydrogen-bond acceptors (Lipinski definition) is 5. The van der Waals surface area contributed by atoms with Gasteiger partial charge >= 0.3 is 0 Å². The number of carbonyl (C=O) groups excluding carboxylic acids is 2. The monoisotopic (exact) mass is 439 g/mol. The minimum Gasteiger partial charge on any atom is -0.465 e. The van der Waals surface area contributed by atoms with E-state index in [1.54, 1.807) is 29.4 Å². The summed E-state index contributed by atoms with van der Waals surface area (Å²) in [6.45, 7) is 1.00. The van der Waals surface area contributed by atoms with Crippen LogP contribution in [-0.2, 0) is 16.0 Å². The third kappa shape index (κ3) is 4.66. The second kappa shape index (κ2) is 9.32. The molecule has 154 valence electrons. The number of thiocarbonyl (C=S) groups is 1. The van der Waals surface area contributed by atoms with Gasteiger partial charge in [0.15, 0.2) is 0 Å². The van der Waals surface area contributed by atoms with Crippen molar-refractivity contribution in [2.45, 2.75) is 19.3 Å².